The predicted octanol–water partition coefficient (Wildman–Crippen LogP) is 1.51. The van der Waals surface area contributed by atoms with Gasteiger partial charge in [-0.1, -0.05) is 0 Å². The van der Waals surface area contributed by atoms with E-state index in [4.69, 9.17) is 13.9 Å². The van der Waals surface area contributed by atoms with Crippen molar-refractivity contribution in [2.75, 3.05) is 13.2 Å². The number of ether oxygens (including phenoxy) is 2. The van der Waals surface area contributed by atoms with Gasteiger partial charge < -0.3 is 18.9 Å². The van der Waals surface area contributed by atoms with Crippen LogP contribution in [0.15, 0.2) is 22.8 Å². The Hall–Kier alpha value is -3.36. The Morgan fingerprint density at radius 2 is 1.88 bits per heavy atom. The summed E-state index contributed by atoms with van der Waals surface area (Å²) in [7, 11) is 0. The average molecular weight is 362 g/mol. The molecule has 9 nitrogen and oxygen atoms in total. The van der Waals surface area contributed by atoms with Gasteiger partial charge in [-0.3, -0.25) is 14.9 Å². The molecule has 2 amide bonds. The fraction of sp³-hybridized carbons (Fsp3) is 0.294. The molecule has 26 heavy (non-hydrogen) atoms. The molecule has 2 heterocycles. The van der Waals surface area contributed by atoms with E-state index >= 15 is 0 Å². The SMILES string of the molecule is CCOC(=O)c1c(C)[nH]c(C(=O)OCC(=O)NC(=O)c2ccco2)c1C. The molecule has 0 fully saturated rings. The number of carbonyl (C=O) groups is 4. The summed E-state index contributed by atoms with van der Waals surface area (Å²) < 4.78 is 14.7. The molecule has 2 aromatic heterocycles. The van der Waals surface area contributed by atoms with Crippen molar-refractivity contribution in [3.8, 4) is 0 Å². The van der Waals surface area contributed by atoms with Crippen LogP contribution in [-0.2, 0) is 14.3 Å². The third kappa shape index (κ3) is 4.18. The van der Waals surface area contributed by atoms with Crippen LogP contribution >= 0.6 is 0 Å². The van der Waals surface area contributed by atoms with E-state index in [2.05, 4.69) is 4.98 Å². The third-order valence-electron chi connectivity index (χ3n) is 3.45. The van der Waals surface area contributed by atoms with Crippen molar-refractivity contribution in [1.82, 2.24) is 10.3 Å². The number of imide groups is 1. The van der Waals surface area contributed by atoms with Crippen LogP contribution in [-0.4, -0.2) is 42.0 Å². The van der Waals surface area contributed by atoms with Crippen LogP contribution in [0.4, 0.5) is 0 Å². The minimum atomic E-state index is -0.832. The Labute approximate surface area is 148 Å². The van der Waals surface area contributed by atoms with Crippen LogP contribution in [0.1, 0.15) is 49.6 Å². The summed E-state index contributed by atoms with van der Waals surface area (Å²) in [6.45, 7) is 4.38. The summed E-state index contributed by atoms with van der Waals surface area (Å²) in [5.74, 6) is -2.99. The molecule has 0 atom stereocenters. The number of aromatic nitrogens is 1. The Balaban J connectivity index is 1.97. The normalized spacial score (nSPS) is 10.3. The number of hydrogen-bond acceptors (Lipinski definition) is 7. The van der Waals surface area contributed by atoms with Crippen molar-refractivity contribution >= 4 is 23.8 Å². The maximum atomic E-state index is 12.1. The molecule has 0 aliphatic heterocycles. The molecule has 0 aliphatic carbocycles. The molecule has 0 saturated carbocycles. The first kappa shape index (κ1) is 19.0. The fourth-order valence-corrected chi connectivity index (χ4v) is 2.30. The van der Waals surface area contributed by atoms with E-state index in [1.807, 2.05) is 5.32 Å². The largest absolute Gasteiger partial charge is 0.462 e. The molecule has 0 spiro atoms. The highest BCUT2D eigenvalue weighted by Crippen LogP contribution is 2.19. The van der Waals surface area contributed by atoms with Crippen LogP contribution < -0.4 is 5.32 Å². The van der Waals surface area contributed by atoms with Crippen LogP contribution in [0, 0.1) is 13.8 Å². The first-order valence-electron chi connectivity index (χ1n) is 7.76. The predicted molar refractivity (Wildman–Crippen MR) is 87.7 cm³/mol. The number of H-pyrrole nitrogens is 1. The van der Waals surface area contributed by atoms with Gasteiger partial charge in [0, 0.05) is 5.69 Å². The van der Waals surface area contributed by atoms with E-state index in [1.165, 1.54) is 18.4 Å². The van der Waals surface area contributed by atoms with E-state index in [0.717, 1.165) is 0 Å². The van der Waals surface area contributed by atoms with Crippen LogP contribution in [0.2, 0.25) is 0 Å². The van der Waals surface area contributed by atoms with E-state index < -0.39 is 30.4 Å². The Morgan fingerprint density at radius 1 is 1.15 bits per heavy atom. The number of rotatable bonds is 6. The minimum absolute atomic E-state index is 0.0377. The summed E-state index contributed by atoms with van der Waals surface area (Å²) in [6, 6.07) is 2.88. The lowest BCUT2D eigenvalue weighted by Crippen LogP contribution is -2.34. The highest BCUT2D eigenvalue weighted by Gasteiger charge is 2.24. The number of esters is 2. The Morgan fingerprint density at radius 3 is 2.50 bits per heavy atom. The Kier molecular flexibility index (Phi) is 5.94. The Bertz CT molecular complexity index is 834. The lowest BCUT2D eigenvalue weighted by Gasteiger charge is -2.05. The van der Waals surface area contributed by atoms with Crippen molar-refractivity contribution in [3.05, 3.63) is 46.7 Å². The van der Waals surface area contributed by atoms with Gasteiger partial charge in [-0.05, 0) is 38.5 Å². The second-order valence-corrected chi connectivity index (χ2v) is 5.28. The van der Waals surface area contributed by atoms with Crippen LogP contribution in [0.5, 0.6) is 0 Å². The maximum Gasteiger partial charge on any atom is 0.355 e. The number of furan rings is 1. The molecule has 0 saturated heterocycles. The van der Waals surface area contributed by atoms with Gasteiger partial charge in [0.15, 0.2) is 12.4 Å². The molecular formula is C17H18N2O7. The van der Waals surface area contributed by atoms with Crippen LogP contribution in [0.25, 0.3) is 0 Å². The first-order valence-corrected chi connectivity index (χ1v) is 7.76. The van der Waals surface area contributed by atoms with E-state index in [1.54, 1.807) is 20.8 Å². The summed E-state index contributed by atoms with van der Waals surface area (Å²) >= 11 is 0. The van der Waals surface area contributed by atoms with Crippen LogP contribution in [0.3, 0.4) is 0 Å². The summed E-state index contributed by atoms with van der Waals surface area (Å²) in [5.41, 5.74) is 1.09. The smallest absolute Gasteiger partial charge is 0.355 e. The van der Waals surface area contributed by atoms with Gasteiger partial charge in [-0.25, -0.2) is 9.59 Å². The quantitative estimate of drug-likeness (QED) is 0.746. The molecular weight excluding hydrogens is 344 g/mol. The molecule has 0 aromatic carbocycles. The van der Waals surface area contributed by atoms with Crippen molar-refractivity contribution in [1.29, 1.82) is 0 Å². The lowest BCUT2D eigenvalue weighted by atomic mass is 10.1. The van der Waals surface area contributed by atoms with E-state index in [0.29, 0.717) is 11.3 Å². The number of aromatic amines is 1. The van der Waals surface area contributed by atoms with Gasteiger partial charge in [0.2, 0.25) is 0 Å². The van der Waals surface area contributed by atoms with Gasteiger partial charge in [0.05, 0.1) is 18.4 Å². The first-order chi connectivity index (χ1) is 12.3. The second-order valence-electron chi connectivity index (χ2n) is 5.28. The van der Waals surface area contributed by atoms with Crippen molar-refractivity contribution in [2.24, 2.45) is 0 Å². The zero-order valence-corrected chi connectivity index (χ0v) is 14.5. The molecule has 9 heteroatoms. The van der Waals surface area contributed by atoms with Gasteiger partial charge in [-0.15, -0.1) is 0 Å². The van der Waals surface area contributed by atoms with E-state index in [9.17, 15) is 19.2 Å². The number of amides is 2. The maximum absolute atomic E-state index is 12.1. The zero-order chi connectivity index (χ0) is 19.3. The summed E-state index contributed by atoms with van der Waals surface area (Å²) in [5, 5.41) is 2.02. The number of nitrogens with one attached hydrogen (secondary N) is 2. The van der Waals surface area contributed by atoms with Crippen molar-refractivity contribution in [2.45, 2.75) is 20.8 Å². The molecule has 2 rings (SSSR count). The molecule has 138 valence electrons. The summed E-state index contributed by atoms with van der Waals surface area (Å²) in [4.78, 5) is 50.2. The lowest BCUT2D eigenvalue weighted by molar-refractivity contribution is -0.123. The molecule has 2 N–H and O–H groups in total. The monoisotopic (exact) mass is 362 g/mol. The number of aryl methyl sites for hydroxylation is 1. The standard InChI is InChI=1S/C17H18N2O7/c1-4-24-16(22)13-9(2)14(18-10(13)3)17(23)26-8-12(20)19-15(21)11-6-5-7-25-11/h5-7,18H,4,8H2,1-3H3,(H,19,20,21). The molecule has 0 bridgehead atoms. The molecule has 0 unspecified atom stereocenters. The fourth-order valence-electron chi connectivity index (χ4n) is 2.30. The number of carbonyl (C=O) groups excluding carboxylic acids is 4. The van der Waals surface area contributed by atoms with Gasteiger partial charge >= 0.3 is 11.9 Å². The zero-order valence-electron chi connectivity index (χ0n) is 14.5. The van der Waals surface area contributed by atoms with Crippen molar-refractivity contribution in [3.63, 3.8) is 0 Å². The highest BCUT2D eigenvalue weighted by molar-refractivity contribution is 6.04. The summed E-state index contributed by atoms with van der Waals surface area (Å²) in [6.07, 6.45) is 1.29. The molecule has 0 aliphatic rings. The highest BCUT2D eigenvalue weighted by atomic mass is 16.5. The second kappa shape index (κ2) is 8.15. The van der Waals surface area contributed by atoms with E-state index in [-0.39, 0.29) is 23.6 Å². The van der Waals surface area contributed by atoms with Gasteiger partial charge in [0.1, 0.15) is 5.69 Å². The molecule has 0 radical (unpaired) electrons. The third-order valence-corrected chi connectivity index (χ3v) is 3.45. The number of hydrogen-bond donors (Lipinski definition) is 2. The van der Waals surface area contributed by atoms with Gasteiger partial charge in [-0.2, -0.15) is 0 Å². The topological polar surface area (TPSA) is 128 Å². The minimum Gasteiger partial charge on any atom is -0.462 e. The average Bonchev–Trinajstić information content (AvgIpc) is 3.21. The van der Waals surface area contributed by atoms with Gasteiger partial charge in [0.25, 0.3) is 11.8 Å². The van der Waals surface area contributed by atoms with Crippen molar-refractivity contribution < 1.29 is 33.1 Å². The molecule has 2 aromatic rings.